The molecule has 3 unspecified atom stereocenters. The lowest BCUT2D eigenvalue weighted by molar-refractivity contribution is -0.129. The van der Waals surface area contributed by atoms with Crippen LogP contribution >= 0.6 is 0 Å². The molecular weight excluding hydrogens is 322 g/mol. The number of urea groups is 1. The van der Waals surface area contributed by atoms with E-state index in [0.717, 1.165) is 0 Å². The van der Waals surface area contributed by atoms with Crippen molar-refractivity contribution >= 4 is 17.8 Å². The highest BCUT2D eigenvalue weighted by atomic mass is 16.2. The van der Waals surface area contributed by atoms with E-state index in [2.05, 4.69) is 26.2 Å². The zero-order chi connectivity index (χ0) is 18.6. The number of nitrogens with zero attached hydrogens (tertiary/aromatic N) is 1. The number of fused-ring (bicyclic) bond motifs is 1. The van der Waals surface area contributed by atoms with E-state index < -0.39 is 0 Å². The number of piperazine rings is 1. The molecule has 0 aromatic heterocycles. The van der Waals surface area contributed by atoms with Crippen LogP contribution in [0.5, 0.6) is 0 Å². The molecule has 25 heavy (non-hydrogen) atoms. The highest BCUT2D eigenvalue weighted by Crippen LogP contribution is 2.25. The second-order valence-corrected chi connectivity index (χ2v) is 7.58. The Labute approximate surface area is 149 Å². The van der Waals surface area contributed by atoms with Gasteiger partial charge < -0.3 is 21.3 Å². The third kappa shape index (κ3) is 5.59. The molecule has 0 spiro atoms. The van der Waals surface area contributed by atoms with Gasteiger partial charge in [-0.15, -0.1) is 0 Å². The topological polar surface area (TPSA) is 103 Å². The maximum atomic E-state index is 12.2. The van der Waals surface area contributed by atoms with Gasteiger partial charge in [0.25, 0.3) is 0 Å². The standard InChI is InChI=1S/C17H31N5O3/c1-10(2)19-15(23)6-5-13-8-18-16(24)14-7-12(9-22(13)14)21-17(25)20-11(3)4/h10-14H,5-9H2,1-4H3,(H,18,24)(H,19,23)(H2,20,21,25). The first-order valence-electron chi connectivity index (χ1n) is 9.16. The molecule has 2 rings (SSSR count). The van der Waals surface area contributed by atoms with Crippen molar-refractivity contribution in [2.45, 2.75) is 77.2 Å². The van der Waals surface area contributed by atoms with Crippen molar-refractivity contribution in [3.8, 4) is 0 Å². The van der Waals surface area contributed by atoms with Gasteiger partial charge in [-0.05, 0) is 40.5 Å². The zero-order valence-corrected chi connectivity index (χ0v) is 15.6. The van der Waals surface area contributed by atoms with E-state index in [4.69, 9.17) is 0 Å². The van der Waals surface area contributed by atoms with Gasteiger partial charge in [-0.25, -0.2) is 4.79 Å². The minimum atomic E-state index is -0.226. The molecule has 142 valence electrons. The molecule has 0 aromatic rings. The van der Waals surface area contributed by atoms with E-state index >= 15 is 0 Å². The lowest BCUT2D eigenvalue weighted by Crippen LogP contribution is -2.58. The average molecular weight is 353 g/mol. The molecule has 2 heterocycles. The summed E-state index contributed by atoms with van der Waals surface area (Å²) < 4.78 is 0. The summed E-state index contributed by atoms with van der Waals surface area (Å²) in [7, 11) is 0. The molecule has 2 aliphatic rings. The number of amides is 4. The third-order valence-electron chi connectivity index (χ3n) is 4.53. The second kappa shape index (κ2) is 8.51. The van der Waals surface area contributed by atoms with Crippen LogP contribution < -0.4 is 21.3 Å². The highest BCUT2D eigenvalue weighted by Gasteiger charge is 2.43. The van der Waals surface area contributed by atoms with Crippen LogP contribution in [-0.2, 0) is 9.59 Å². The van der Waals surface area contributed by atoms with E-state index in [9.17, 15) is 14.4 Å². The molecule has 0 radical (unpaired) electrons. The van der Waals surface area contributed by atoms with E-state index in [1.165, 1.54) is 0 Å². The van der Waals surface area contributed by atoms with Crippen LogP contribution in [0.3, 0.4) is 0 Å². The van der Waals surface area contributed by atoms with Gasteiger partial charge in [0.1, 0.15) is 0 Å². The van der Waals surface area contributed by atoms with Crippen molar-refractivity contribution < 1.29 is 14.4 Å². The zero-order valence-electron chi connectivity index (χ0n) is 15.6. The summed E-state index contributed by atoms with van der Waals surface area (Å²) in [5.41, 5.74) is 0. The van der Waals surface area contributed by atoms with Gasteiger partial charge in [0.15, 0.2) is 0 Å². The predicted molar refractivity (Wildman–Crippen MR) is 95.0 cm³/mol. The molecule has 8 nitrogen and oxygen atoms in total. The summed E-state index contributed by atoms with van der Waals surface area (Å²) >= 11 is 0. The highest BCUT2D eigenvalue weighted by molar-refractivity contribution is 5.83. The Morgan fingerprint density at radius 2 is 1.88 bits per heavy atom. The van der Waals surface area contributed by atoms with Crippen LogP contribution in [0.1, 0.15) is 47.0 Å². The van der Waals surface area contributed by atoms with E-state index in [-0.39, 0.29) is 48.1 Å². The molecule has 2 fully saturated rings. The summed E-state index contributed by atoms with van der Waals surface area (Å²) in [5, 5.41) is 11.6. The monoisotopic (exact) mass is 353 g/mol. The molecular formula is C17H31N5O3. The molecule has 0 aliphatic carbocycles. The number of carbonyl (C=O) groups excluding carboxylic acids is 3. The second-order valence-electron chi connectivity index (χ2n) is 7.58. The number of hydrogen-bond acceptors (Lipinski definition) is 4. The average Bonchev–Trinajstić information content (AvgIpc) is 2.89. The van der Waals surface area contributed by atoms with Crippen molar-refractivity contribution in [3.63, 3.8) is 0 Å². The Kier molecular flexibility index (Phi) is 6.64. The third-order valence-corrected chi connectivity index (χ3v) is 4.53. The van der Waals surface area contributed by atoms with Crippen molar-refractivity contribution in [1.82, 2.24) is 26.2 Å². The fourth-order valence-electron chi connectivity index (χ4n) is 3.53. The lowest BCUT2D eigenvalue weighted by atomic mass is 10.0. The normalized spacial score (nSPS) is 26.3. The number of rotatable bonds is 6. The van der Waals surface area contributed by atoms with Crippen LogP contribution in [-0.4, -0.2) is 66.0 Å². The molecule has 0 bridgehead atoms. The van der Waals surface area contributed by atoms with Crippen molar-refractivity contribution in [2.24, 2.45) is 0 Å². The van der Waals surface area contributed by atoms with Gasteiger partial charge in [-0.3, -0.25) is 14.5 Å². The largest absolute Gasteiger partial charge is 0.354 e. The van der Waals surface area contributed by atoms with Crippen LogP contribution in [0, 0.1) is 0 Å². The van der Waals surface area contributed by atoms with E-state index in [0.29, 0.717) is 32.4 Å². The minimum absolute atomic E-state index is 0.0106. The Morgan fingerprint density at radius 3 is 2.52 bits per heavy atom. The molecule has 2 saturated heterocycles. The Balaban J connectivity index is 1.89. The molecule has 4 N–H and O–H groups in total. The summed E-state index contributed by atoms with van der Waals surface area (Å²) in [4.78, 5) is 38.1. The summed E-state index contributed by atoms with van der Waals surface area (Å²) in [6.07, 6.45) is 1.74. The van der Waals surface area contributed by atoms with Crippen LogP contribution in [0.25, 0.3) is 0 Å². The van der Waals surface area contributed by atoms with Crippen LogP contribution in [0.2, 0.25) is 0 Å². The molecule has 0 saturated carbocycles. The van der Waals surface area contributed by atoms with Crippen molar-refractivity contribution in [1.29, 1.82) is 0 Å². The number of nitrogens with one attached hydrogen (secondary N) is 4. The Bertz CT molecular complexity index is 509. The smallest absolute Gasteiger partial charge is 0.315 e. The quantitative estimate of drug-likeness (QED) is 0.537. The van der Waals surface area contributed by atoms with Gasteiger partial charge in [0, 0.05) is 43.7 Å². The Morgan fingerprint density at radius 1 is 1.20 bits per heavy atom. The maximum Gasteiger partial charge on any atom is 0.315 e. The fourth-order valence-corrected chi connectivity index (χ4v) is 3.53. The van der Waals surface area contributed by atoms with Gasteiger partial charge in [-0.1, -0.05) is 0 Å². The SMILES string of the molecule is CC(C)NC(=O)CCC1CNC(=O)C2CC(NC(=O)NC(C)C)CN12. The van der Waals surface area contributed by atoms with Crippen LogP contribution in [0.15, 0.2) is 0 Å². The fraction of sp³-hybridized carbons (Fsp3) is 0.824. The van der Waals surface area contributed by atoms with Gasteiger partial charge in [0.2, 0.25) is 11.8 Å². The first-order valence-corrected chi connectivity index (χ1v) is 9.16. The first kappa shape index (κ1) is 19.5. The lowest BCUT2D eigenvalue weighted by Gasteiger charge is -2.37. The van der Waals surface area contributed by atoms with Gasteiger partial charge >= 0.3 is 6.03 Å². The first-order chi connectivity index (χ1) is 11.8. The maximum absolute atomic E-state index is 12.2. The summed E-state index contributed by atoms with van der Waals surface area (Å²) in [5.74, 6) is 0.0464. The molecule has 2 aliphatic heterocycles. The number of carbonyl (C=O) groups is 3. The van der Waals surface area contributed by atoms with Crippen molar-refractivity contribution in [3.05, 3.63) is 0 Å². The molecule has 3 atom stereocenters. The van der Waals surface area contributed by atoms with Gasteiger partial charge in [-0.2, -0.15) is 0 Å². The molecule has 0 aromatic carbocycles. The number of hydrogen-bond donors (Lipinski definition) is 4. The van der Waals surface area contributed by atoms with E-state index in [1.54, 1.807) is 0 Å². The Hall–Kier alpha value is -1.83. The summed E-state index contributed by atoms with van der Waals surface area (Å²) in [6.45, 7) is 8.88. The van der Waals surface area contributed by atoms with Crippen LogP contribution in [0.4, 0.5) is 4.79 Å². The predicted octanol–water partition coefficient (Wildman–Crippen LogP) is -0.0599. The molecule has 4 amide bonds. The van der Waals surface area contributed by atoms with Gasteiger partial charge in [0.05, 0.1) is 6.04 Å². The van der Waals surface area contributed by atoms with Crippen molar-refractivity contribution in [2.75, 3.05) is 13.1 Å². The molecule has 8 heteroatoms. The minimum Gasteiger partial charge on any atom is -0.354 e. The van der Waals surface area contributed by atoms with E-state index in [1.807, 2.05) is 27.7 Å². The summed E-state index contributed by atoms with van der Waals surface area (Å²) in [6, 6.07) is -0.157.